The van der Waals surface area contributed by atoms with Gasteiger partial charge in [0.1, 0.15) is 5.82 Å². The molecule has 144 valence electrons. The molecule has 0 aliphatic carbocycles. The number of nitrogens with zero attached hydrogens (tertiary/aromatic N) is 4. The highest BCUT2D eigenvalue weighted by Gasteiger charge is 2.24. The Morgan fingerprint density at radius 3 is 2.62 bits per heavy atom. The van der Waals surface area contributed by atoms with Crippen LogP contribution >= 0.6 is 0 Å². The standard InChI is InChI=1S/C22H16F2N4O/c1-22(2,29)17-6-8-28-19(12-27-21(28)20(17)24)13-5-7-26-18(10-13)16-4-3-15(23)9-14(16)11-25/h3-10,12,29H,1-2H3. The van der Waals surface area contributed by atoms with Crippen molar-refractivity contribution in [2.45, 2.75) is 19.4 Å². The maximum Gasteiger partial charge on any atom is 0.174 e. The van der Waals surface area contributed by atoms with E-state index in [0.717, 1.165) is 6.07 Å². The Balaban J connectivity index is 1.85. The lowest BCUT2D eigenvalue weighted by atomic mass is 9.99. The van der Waals surface area contributed by atoms with E-state index in [9.17, 15) is 19.1 Å². The number of hydrogen-bond donors (Lipinski definition) is 1. The first kappa shape index (κ1) is 18.7. The van der Waals surface area contributed by atoms with E-state index in [0.29, 0.717) is 22.5 Å². The molecule has 0 unspecified atom stereocenters. The largest absolute Gasteiger partial charge is 0.386 e. The normalized spacial score (nSPS) is 11.6. The number of halogens is 2. The summed E-state index contributed by atoms with van der Waals surface area (Å²) >= 11 is 0. The molecule has 0 spiro atoms. The van der Waals surface area contributed by atoms with Crippen molar-refractivity contribution in [3.05, 3.63) is 77.8 Å². The molecule has 5 nitrogen and oxygen atoms in total. The fraction of sp³-hybridized carbons (Fsp3) is 0.136. The molecule has 4 aromatic rings. The maximum absolute atomic E-state index is 14.8. The van der Waals surface area contributed by atoms with Crippen molar-refractivity contribution >= 4 is 5.65 Å². The molecule has 0 fully saturated rings. The number of fused-ring (bicyclic) bond motifs is 1. The highest BCUT2D eigenvalue weighted by molar-refractivity contribution is 5.73. The topological polar surface area (TPSA) is 74.2 Å². The van der Waals surface area contributed by atoms with Gasteiger partial charge >= 0.3 is 0 Å². The second-order valence-corrected chi connectivity index (χ2v) is 7.17. The first-order chi connectivity index (χ1) is 13.8. The van der Waals surface area contributed by atoms with Crippen molar-refractivity contribution in [1.82, 2.24) is 14.4 Å². The molecule has 4 rings (SSSR count). The van der Waals surface area contributed by atoms with E-state index in [1.807, 2.05) is 6.07 Å². The Bertz CT molecular complexity index is 1280. The van der Waals surface area contributed by atoms with E-state index in [4.69, 9.17) is 0 Å². The average Bonchev–Trinajstić information content (AvgIpc) is 3.12. The van der Waals surface area contributed by atoms with Crippen molar-refractivity contribution in [3.63, 3.8) is 0 Å². The van der Waals surface area contributed by atoms with Crippen LogP contribution in [0, 0.1) is 23.0 Å². The second-order valence-electron chi connectivity index (χ2n) is 7.17. The van der Waals surface area contributed by atoms with Gasteiger partial charge in [-0.1, -0.05) is 0 Å². The fourth-order valence-corrected chi connectivity index (χ4v) is 3.27. The Morgan fingerprint density at radius 2 is 1.90 bits per heavy atom. The molecule has 1 aromatic carbocycles. The lowest BCUT2D eigenvalue weighted by molar-refractivity contribution is 0.0746. The molecular weight excluding hydrogens is 374 g/mol. The quantitative estimate of drug-likeness (QED) is 0.561. The Hall–Kier alpha value is -3.63. The predicted molar refractivity (Wildman–Crippen MR) is 104 cm³/mol. The molecule has 0 saturated carbocycles. The van der Waals surface area contributed by atoms with E-state index >= 15 is 0 Å². The molecule has 0 bridgehead atoms. The predicted octanol–water partition coefficient (Wildman–Crippen LogP) is 4.44. The van der Waals surface area contributed by atoms with Crippen molar-refractivity contribution in [1.29, 1.82) is 5.26 Å². The molecule has 7 heteroatoms. The number of nitriles is 1. The number of benzene rings is 1. The maximum atomic E-state index is 14.8. The van der Waals surface area contributed by atoms with Gasteiger partial charge in [0.2, 0.25) is 0 Å². The molecule has 0 atom stereocenters. The van der Waals surface area contributed by atoms with Crippen molar-refractivity contribution in [3.8, 4) is 28.6 Å². The molecule has 29 heavy (non-hydrogen) atoms. The van der Waals surface area contributed by atoms with Gasteiger partial charge in [0.05, 0.1) is 34.8 Å². The summed E-state index contributed by atoms with van der Waals surface area (Å²) in [5.41, 5.74) is 1.39. The number of aromatic nitrogens is 3. The van der Waals surface area contributed by atoms with Gasteiger partial charge in [-0.2, -0.15) is 5.26 Å². The lowest BCUT2D eigenvalue weighted by Crippen LogP contribution is -2.18. The van der Waals surface area contributed by atoms with Crippen molar-refractivity contribution in [2.24, 2.45) is 0 Å². The van der Waals surface area contributed by atoms with Crippen molar-refractivity contribution < 1.29 is 13.9 Å². The molecule has 0 aliphatic heterocycles. The molecule has 0 radical (unpaired) electrons. The average molecular weight is 390 g/mol. The van der Waals surface area contributed by atoms with Crippen LogP contribution in [0.4, 0.5) is 8.78 Å². The molecule has 0 aliphatic rings. The minimum Gasteiger partial charge on any atom is -0.386 e. The number of aliphatic hydroxyl groups is 1. The Labute approximate surface area is 165 Å². The van der Waals surface area contributed by atoms with Crippen LogP contribution in [0.3, 0.4) is 0 Å². The Morgan fingerprint density at radius 1 is 1.10 bits per heavy atom. The van der Waals surface area contributed by atoms with Gasteiger partial charge in [0, 0.05) is 29.1 Å². The fourth-order valence-electron chi connectivity index (χ4n) is 3.27. The summed E-state index contributed by atoms with van der Waals surface area (Å²) in [5.74, 6) is -1.09. The van der Waals surface area contributed by atoms with Gasteiger partial charge in [-0.3, -0.25) is 9.38 Å². The summed E-state index contributed by atoms with van der Waals surface area (Å²) in [6, 6.07) is 10.9. The molecular formula is C22H16F2N4O. The second kappa shape index (κ2) is 6.76. The van der Waals surface area contributed by atoms with Crippen LogP contribution in [-0.2, 0) is 5.60 Å². The summed E-state index contributed by atoms with van der Waals surface area (Å²) in [6.45, 7) is 3.02. The van der Waals surface area contributed by atoms with Crippen LogP contribution in [0.15, 0.2) is 55.0 Å². The zero-order valence-corrected chi connectivity index (χ0v) is 15.7. The summed E-state index contributed by atoms with van der Waals surface area (Å²) in [5, 5.41) is 19.4. The van der Waals surface area contributed by atoms with Crippen LogP contribution < -0.4 is 0 Å². The third-order valence-electron chi connectivity index (χ3n) is 4.71. The first-order valence-corrected chi connectivity index (χ1v) is 8.84. The van der Waals surface area contributed by atoms with Gasteiger partial charge < -0.3 is 5.11 Å². The number of pyridine rings is 2. The third-order valence-corrected chi connectivity index (χ3v) is 4.71. The van der Waals surface area contributed by atoms with Gasteiger partial charge in [-0.25, -0.2) is 13.8 Å². The van der Waals surface area contributed by atoms with Crippen LogP contribution in [0.1, 0.15) is 25.0 Å². The lowest BCUT2D eigenvalue weighted by Gasteiger charge is -2.18. The summed E-state index contributed by atoms with van der Waals surface area (Å²) in [4.78, 5) is 8.46. The molecule has 1 N–H and O–H groups in total. The first-order valence-electron chi connectivity index (χ1n) is 8.84. The van der Waals surface area contributed by atoms with E-state index < -0.39 is 17.2 Å². The molecule has 3 heterocycles. The monoisotopic (exact) mass is 390 g/mol. The highest BCUT2D eigenvalue weighted by Crippen LogP contribution is 2.30. The van der Waals surface area contributed by atoms with Crippen molar-refractivity contribution in [2.75, 3.05) is 0 Å². The molecule has 0 amide bonds. The van der Waals surface area contributed by atoms with Crippen LogP contribution in [0.25, 0.3) is 28.2 Å². The van der Waals surface area contributed by atoms with Gasteiger partial charge in [0.15, 0.2) is 11.5 Å². The minimum absolute atomic E-state index is 0.0949. The van der Waals surface area contributed by atoms with Crippen LogP contribution in [-0.4, -0.2) is 19.5 Å². The number of imidazole rings is 1. The van der Waals surface area contributed by atoms with E-state index in [1.54, 1.807) is 28.9 Å². The summed E-state index contributed by atoms with van der Waals surface area (Å²) in [6.07, 6.45) is 4.74. The zero-order valence-electron chi connectivity index (χ0n) is 15.7. The third kappa shape index (κ3) is 3.24. The minimum atomic E-state index is -1.34. The zero-order chi connectivity index (χ0) is 20.8. The van der Waals surface area contributed by atoms with Gasteiger partial charge in [0.25, 0.3) is 0 Å². The van der Waals surface area contributed by atoms with Gasteiger partial charge in [-0.05, 0) is 50.2 Å². The Kier molecular flexibility index (Phi) is 4.36. The number of hydrogen-bond acceptors (Lipinski definition) is 4. The van der Waals surface area contributed by atoms with E-state index in [1.165, 1.54) is 38.2 Å². The summed E-state index contributed by atoms with van der Waals surface area (Å²) in [7, 11) is 0. The molecule has 0 saturated heterocycles. The van der Waals surface area contributed by atoms with E-state index in [-0.39, 0.29) is 16.8 Å². The summed E-state index contributed by atoms with van der Waals surface area (Å²) < 4.78 is 29.9. The smallest absolute Gasteiger partial charge is 0.174 e. The van der Waals surface area contributed by atoms with Gasteiger partial charge in [-0.15, -0.1) is 0 Å². The molecule has 3 aromatic heterocycles. The SMILES string of the molecule is CC(C)(O)c1ccn2c(-c3ccnc(-c4ccc(F)cc4C#N)c3)cnc2c1F. The number of rotatable bonds is 3. The highest BCUT2D eigenvalue weighted by atomic mass is 19.1. The van der Waals surface area contributed by atoms with Crippen LogP contribution in [0.2, 0.25) is 0 Å². The van der Waals surface area contributed by atoms with E-state index in [2.05, 4.69) is 9.97 Å². The van der Waals surface area contributed by atoms with Crippen LogP contribution in [0.5, 0.6) is 0 Å².